The Bertz CT molecular complexity index is 588. The first kappa shape index (κ1) is 16.1. The van der Waals surface area contributed by atoms with Gasteiger partial charge in [0.05, 0.1) is 17.8 Å². The molecule has 1 aliphatic heterocycles. The van der Waals surface area contributed by atoms with Gasteiger partial charge in [-0.3, -0.25) is 9.59 Å². The number of benzene rings is 1. The van der Waals surface area contributed by atoms with Gasteiger partial charge in [0.2, 0.25) is 5.91 Å². The van der Waals surface area contributed by atoms with Crippen LogP contribution in [0.4, 0.5) is 5.69 Å². The van der Waals surface area contributed by atoms with Crippen molar-refractivity contribution in [3.63, 3.8) is 0 Å². The third-order valence-electron chi connectivity index (χ3n) is 4.08. The number of nitrogens with two attached hydrogens (primary N) is 1. The quantitative estimate of drug-likeness (QED) is 0.834. The average Bonchev–Trinajstić information content (AvgIpc) is 2.46. The molecule has 0 bridgehead atoms. The summed E-state index contributed by atoms with van der Waals surface area (Å²) in [5.74, 6) is 0.354. The lowest BCUT2D eigenvalue weighted by atomic mass is 10.0. The van der Waals surface area contributed by atoms with Crippen LogP contribution in [0.2, 0.25) is 0 Å². The van der Waals surface area contributed by atoms with Gasteiger partial charge < -0.3 is 20.3 Å². The van der Waals surface area contributed by atoms with Gasteiger partial charge in [0, 0.05) is 33.5 Å². The molecule has 2 N–H and O–H groups in total. The second kappa shape index (κ2) is 6.25. The molecule has 0 fully saturated rings. The van der Waals surface area contributed by atoms with Crippen molar-refractivity contribution in [3.05, 3.63) is 23.8 Å². The minimum absolute atomic E-state index is 0.0245. The van der Waals surface area contributed by atoms with E-state index in [1.54, 1.807) is 42.1 Å². The fourth-order valence-corrected chi connectivity index (χ4v) is 2.58. The molecule has 0 saturated heterocycles. The summed E-state index contributed by atoms with van der Waals surface area (Å²) in [5, 5.41) is 0. The molecule has 1 aromatic carbocycles. The van der Waals surface area contributed by atoms with E-state index in [0.717, 1.165) is 0 Å². The van der Waals surface area contributed by atoms with Crippen molar-refractivity contribution in [2.45, 2.75) is 20.0 Å². The van der Waals surface area contributed by atoms with E-state index >= 15 is 0 Å². The van der Waals surface area contributed by atoms with Crippen molar-refractivity contribution < 1.29 is 14.3 Å². The highest BCUT2D eigenvalue weighted by atomic mass is 16.5. The summed E-state index contributed by atoms with van der Waals surface area (Å²) < 4.78 is 6.05. The number of amides is 2. The van der Waals surface area contributed by atoms with Crippen LogP contribution in [-0.2, 0) is 4.79 Å². The molecule has 6 heteroatoms. The molecule has 0 aromatic heterocycles. The van der Waals surface area contributed by atoms with Crippen LogP contribution in [0.25, 0.3) is 0 Å². The van der Waals surface area contributed by atoms with E-state index in [9.17, 15) is 9.59 Å². The second-order valence-electron chi connectivity index (χ2n) is 5.94. The number of nitrogen functional groups attached to an aromatic ring is 1. The summed E-state index contributed by atoms with van der Waals surface area (Å²) >= 11 is 0. The normalized spacial score (nSPS) is 21.5. The lowest BCUT2D eigenvalue weighted by Gasteiger charge is -2.34. The number of nitrogens with zero attached hydrogens (tertiary/aromatic N) is 2. The van der Waals surface area contributed by atoms with Gasteiger partial charge in [-0.2, -0.15) is 0 Å². The van der Waals surface area contributed by atoms with Crippen LogP contribution < -0.4 is 10.5 Å². The highest BCUT2D eigenvalue weighted by Gasteiger charge is 2.31. The van der Waals surface area contributed by atoms with Crippen molar-refractivity contribution in [3.8, 4) is 5.75 Å². The van der Waals surface area contributed by atoms with Crippen LogP contribution >= 0.6 is 0 Å². The molecule has 6 nitrogen and oxygen atoms in total. The molecule has 2 atom stereocenters. The molecule has 0 saturated carbocycles. The Balaban J connectivity index is 2.39. The Labute approximate surface area is 130 Å². The fourth-order valence-electron chi connectivity index (χ4n) is 2.58. The van der Waals surface area contributed by atoms with Crippen LogP contribution in [-0.4, -0.2) is 54.9 Å². The first-order valence-electron chi connectivity index (χ1n) is 7.33. The number of para-hydroxylation sites is 1. The summed E-state index contributed by atoms with van der Waals surface area (Å²) in [6, 6.07) is 5.17. The predicted molar refractivity (Wildman–Crippen MR) is 84.7 cm³/mol. The predicted octanol–water partition coefficient (Wildman–Crippen LogP) is 1.22. The molecule has 0 unspecified atom stereocenters. The van der Waals surface area contributed by atoms with Crippen LogP contribution in [0, 0.1) is 5.92 Å². The molecule has 0 radical (unpaired) electrons. The standard InChI is InChI=1S/C16H23N3O3/c1-10-8-19(4)16(21)12-6-5-7-13(17)15(12)22-14(10)9-18(3)11(2)20/h5-7,10,14H,8-9,17H2,1-4H3/t10-,14-/m1/s1. The Hall–Kier alpha value is -2.24. The molecular weight excluding hydrogens is 282 g/mol. The summed E-state index contributed by atoms with van der Waals surface area (Å²) in [7, 11) is 3.50. The number of fused-ring (bicyclic) bond motifs is 1. The van der Waals surface area contributed by atoms with Gasteiger partial charge >= 0.3 is 0 Å². The number of anilines is 1. The van der Waals surface area contributed by atoms with Crippen LogP contribution in [0.15, 0.2) is 18.2 Å². The average molecular weight is 305 g/mol. The minimum atomic E-state index is -0.229. The van der Waals surface area contributed by atoms with E-state index in [0.29, 0.717) is 30.1 Å². The highest BCUT2D eigenvalue weighted by molar-refractivity contribution is 5.98. The SMILES string of the molecule is CC(=O)N(C)C[C@H]1Oc2c(N)cccc2C(=O)N(C)C[C@H]1C. The molecule has 0 spiro atoms. The highest BCUT2D eigenvalue weighted by Crippen LogP contribution is 2.31. The zero-order valence-corrected chi connectivity index (χ0v) is 13.5. The van der Waals surface area contributed by atoms with Gasteiger partial charge in [-0.05, 0) is 12.1 Å². The molecule has 120 valence electrons. The molecule has 1 aliphatic rings. The molecule has 22 heavy (non-hydrogen) atoms. The molecule has 1 heterocycles. The van der Waals surface area contributed by atoms with Gasteiger partial charge in [0.15, 0.2) is 5.75 Å². The zero-order valence-electron chi connectivity index (χ0n) is 13.5. The Morgan fingerprint density at radius 1 is 1.50 bits per heavy atom. The lowest BCUT2D eigenvalue weighted by molar-refractivity contribution is -0.129. The van der Waals surface area contributed by atoms with Crippen LogP contribution in [0.5, 0.6) is 5.75 Å². The number of hydrogen-bond acceptors (Lipinski definition) is 4. The Morgan fingerprint density at radius 3 is 2.82 bits per heavy atom. The number of likely N-dealkylation sites (N-methyl/N-ethyl adjacent to an activating group) is 1. The number of carbonyl (C=O) groups is 2. The molecule has 2 rings (SSSR count). The smallest absolute Gasteiger partial charge is 0.257 e. The first-order chi connectivity index (χ1) is 10.3. The third kappa shape index (κ3) is 3.16. The third-order valence-corrected chi connectivity index (χ3v) is 4.08. The number of hydrogen-bond donors (Lipinski definition) is 1. The van der Waals surface area contributed by atoms with E-state index < -0.39 is 0 Å². The largest absolute Gasteiger partial charge is 0.485 e. The van der Waals surface area contributed by atoms with E-state index in [1.165, 1.54) is 6.92 Å². The summed E-state index contributed by atoms with van der Waals surface area (Å²) in [6.45, 7) is 4.54. The van der Waals surface area contributed by atoms with E-state index in [2.05, 4.69) is 0 Å². The van der Waals surface area contributed by atoms with Crippen molar-refractivity contribution in [1.29, 1.82) is 0 Å². The van der Waals surface area contributed by atoms with Crippen LogP contribution in [0.3, 0.4) is 0 Å². The van der Waals surface area contributed by atoms with Gasteiger partial charge in [0.25, 0.3) is 5.91 Å². The van der Waals surface area contributed by atoms with Crippen molar-refractivity contribution in [2.75, 3.05) is 32.9 Å². The summed E-state index contributed by atoms with van der Waals surface area (Å²) in [6.07, 6.45) is -0.229. The van der Waals surface area contributed by atoms with Gasteiger partial charge in [-0.1, -0.05) is 13.0 Å². The van der Waals surface area contributed by atoms with Crippen LogP contribution in [0.1, 0.15) is 24.2 Å². The van der Waals surface area contributed by atoms with Crippen molar-refractivity contribution >= 4 is 17.5 Å². The van der Waals surface area contributed by atoms with Crippen molar-refractivity contribution in [2.24, 2.45) is 5.92 Å². The van der Waals surface area contributed by atoms with Gasteiger partial charge in [-0.15, -0.1) is 0 Å². The second-order valence-corrected chi connectivity index (χ2v) is 5.94. The van der Waals surface area contributed by atoms with Crippen molar-refractivity contribution in [1.82, 2.24) is 9.80 Å². The molecule has 1 aromatic rings. The topological polar surface area (TPSA) is 75.9 Å². The number of rotatable bonds is 2. The van der Waals surface area contributed by atoms with E-state index in [1.807, 2.05) is 6.92 Å². The maximum atomic E-state index is 12.5. The van der Waals surface area contributed by atoms with Gasteiger partial charge in [0.1, 0.15) is 6.10 Å². The van der Waals surface area contributed by atoms with Gasteiger partial charge in [-0.25, -0.2) is 0 Å². The Kier molecular flexibility index (Phi) is 4.59. The van der Waals surface area contributed by atoms with E-state index in [4.69, 9.17) is 10.5 Å². The minimum Gasteiger partial charge on any atom is -0.485 e. The van der Waals surface area contributed by atoms with E-state index in [-0.39, 0.29) is 23.8 Å². The monoisotopic (exact) mass is 305 g/mol. The number of ether oxygens (including phenoxy) is 1. The Morgan fingerprint density at radius 2 is 2.18 bits per heavy atom. The molecular formula is C16H23N3O3. The summed E-state index contributed by atoms with van der Waals surface area (Å²) in [4.78, 5) is 27.2. The summed E-state index contributed by atoms with van der Waals surface area (Å²) in [5.41, 5.74) is 6.89. The number of carbonyl (C=O) groups excluding carboxylic acids is 2. The fraction of sp³-hybridized carbons (Fsp3) is 0.500. The zero-order chi connectivity index (χ0) is 16.4. The molecule has 0 aliphatic carbocycles. The maximum absolute atomic E-state index is 12.5. The molecule has 2 amide bonds. The maximum Gasteiger partial charge on any atom is 0.257 e. The lowest BCUT2D eigenvalue weighted by Crippen LogP contribution is -2.46. The first-order valence-corrected chi connectivity index (χ1v) is 7.33.